The highest BCUT2D eigenvalue weighted by atomic mass is 35.5. The van der Waals surface area contributed by atoms with Gasteiger partial charge in [0.25, 0.3) is 10.0 Å². The highest BCUT2D eigenvalue weighted by Gasteiger charge is 2.45. The molecule has 0 bridgehead atoms. The van der Waals surface area contributed by atoms with Crippen LogP contribution in [0.2, 0.25) is 10.0 Å². The summed E-state index contributed by atoms with van der Waals surface area (Å²) in [4.78, 5) is 2.41. The molecule has 182 valence electrons. The number of sulfonamides is 1. The van der Waals surface area contributed by atoms with Gasteiger partial charge in [0.2, 0.25) is 0 Å². The number of halogens is 2. The van der Waals surface area contributed by atoms with E-state index in [1.54, 1.807) is 24.3 Å². The van der Waals surface area contributed by atoms with Crippen molar-refractivity contribution in [3.05, 3.63) is 99.5 Å². The molecule has 0 saturated heterocycles. The summed E-state index contributed by atoms with van der Waals surface area (Å²) in [7, 11) is -3.94. The number of nitrogens with zero attached hydrogens (tertiary/aromatic N) is 3. The van der Waals surface area contributed by atoms with Crippen LogP contribution in [-0.4, -0.2) is 29.6 Å². The van der Waals surface area contributed by atoms with Crippen LogP contribution in [0.4, 0.5) is 0 Å². The molecule has 0 radical (unpaired) electrons. The maximum Gasteiger partial charge on any atom is 0.281 e. The monoisotopic (exact) mass is 527 g/mol. The number of amidine groups is 1. The van der Waals surface area contributed by atoms with E-state index in [4.69, 9.17) is 28.3 Å². The Hall–Kier alpha value is -2.54. The molecule has 1 heterocycles. The van der Waals surface area contributed by atoms with Crippen molar-refractivity contribution in [1.82, 2.24) is 9.31 Å². The summed E-state index contributed by atoms with van der Waals surface area (Å²) >= 11 is 12.4. The van der Waals surface area contributed by atoms with E-state index in [1.807, 2.05) is 55.5 Å². The molecule has 2 aliphatic rings. The highest BCUT2D eigenvalue weighted by Crippen LogP contribution is 2.42. The predicted molar refractivity (Wildman–Crippen MR) is 141 cm³/mol. The SMILES string of the molecule is Cc1ccc(S(=O)(=O)N2N=C(c3ccc(Cl)cc3)N(C3CCCCC3)C2c2ccc(Cl)cc2)cc1. The zero-order valence-electron chi connectivity index (χ0n) is 19.4. The lowest BCUT2D eigenvalue weighted by atomic mass is 9.92. The van der Waals surface area contributed by atoms with Gasteiger partial charge in [0, 0.05) is 21.7 Å². The van der Waals surface area contributed by atoms with Gasteiger partial charge in [0.05, 0.1) is 4.90 Å². The van der Waals surface area contributed by atoms with Gasteiger partial charge >= 0.3 is 0 Å². The van der Waals surface area contributed by atoms with E-state index < -0.39 is 16.2 Å². The number of rotatable bonds is 5. The molecule has 5 rings (SSSR count). The average molecular weight is 529 g/mol. The Balaban J connectivity index is 1.69. The third kappa shape index (κ3) is 4.80. The lowest BCUT2D eigenvalue weighted by Crippen LogP contribution is -2.44. The van der Waals surface area contributed by atoms with Gasteiger partial charge in [0.1, 0.15) is 0 Å². The normalized spacial score (nSPS) is 19.2. The molecule has 35 heavy (non-hydrogen) atoms. The van der Waals surface area contributed by atoms with Gasteiger partial charge in [-0.05, 0) is 73.9 Å². The number of aryl methyl sites for hydroxylation is 1. The van der Waals surface area contributed by atoms with Crippen LogP contribution in [0.15, 0.2) is 82.8 Å². The molecule has 0 amide bonds. The molecule has 1 fully saturated rings. The number of hydrogen-bond donors (Lipinski definition) is 0. The molecule has 1 aliphatic carbocycles. The Morgan fingerprint density at radius 3 is 1.97 bits per heavy atom. The van der Waals surface area contributed by atoms with Crippen molar-refractivity contribution in [2.45, 2.75) is 56.1 Å². The van der Waals surface area contributed by atoms with E-state index >= 15 is 0 Å². The standard InChI is InChI=1S/C27H27Cl2N3O2S/c1-19-7-17-25(18-8-19)35(33,34)32-27(21-11-15-23(29)16-12-21)31(24-5-3-2-4-6-24)26(30-32)20-9-13-22(28)14-10-20/h7-18,24,27H,2-6H2,1H3. The van der Waals surface area contributed by atoms with Crippen LogP contribution < -0.4 is 0 Å². The molecule has 0 spiro atoms. The lowest BCUT2D eigenvalue weighted by Gasteiger charge is -2.39. The first-order chi connectivity index (χ1) is 16.8. The van der Waals surface area contributed by atoms with Gasteiger partial charge in [-0.25, -0.2) is 0 Å². The summed E-state index contributed by atoms with van der Waals surface area (Å²) in [5.41, 5.74) is 2.65. The fourth-order valence-electron chi connectivity index (χ4n) is 4.89. The van der Waals surface area contributed by atoms with Crippen LogP contribution in [-0.2, 0) is 10.0 Å². The summed E-state index contributed by atoms with van der Waals surface area (Å²) in [5.74, 6) is 0.643. The molecule has 8 heteroatoms. The molecule has 1 aliphatic heterocycles. The summed E-state index contributed by atoms with van der Waals surface area (Å²) in [6.45, 7) is 1.93. The third-order valence-corrected chi connectivity index (χ3v) is 8.86. The topological polar surface area (TPSA) is 53.0 Å². The van der Waals surface area contributed by atoms with E-state index in [1.165, 1.54) is 10.8 Å². The second kappa shape index (κ2) is 9.84. The Morgan fingerprint density at radius 1 is 0.800 bits per heavy atom. The van der Waals surface area contributed by atoms with E-state index in [-0.39, 0.29) is 10.9 Å². The molecule has 0 N–H and O–H groups in total. The van der Waals surface area contributed by atoms with Crippen molar-refractivity contribution < 1.29 is 8.42 Å². The van der Waals surface area contributed by atoms with E-state index in [2.05, 4.69) is 4.90 Å². The summed E-state index contributed by atoms with van der Waals surface area (Å²) < 4.78 is 29.3. The van der Waals surface area contributed by atoms with Crippen LogP contribution in [0.25, 0.3) is 0 Å². The van der Waals surface area contributed by atoms with Crippen LogP contribution in [0.3, 0.4) is 0 Å². The van der Waals surface area contributed by atoms with E-state index in [9.17, 15) is 8.42 Å². The molecule has 3 aromatic carbocycles. The zero-order valence-corrected chi connectivity index (χ0v) is 21.8. The molecular weight excluding hydrogens is 501 g/mol. The van der Waals surface area contributed by atoms with Gasteiger partial charge in [-0.15, -0.1) is 5.10 Å². The molecule has 0 aromatic heterocycles. The molecule has 1 unspecified atom stereocenters. The third-order valence-electron chi connectivity index (χ3n) is 6.71. The van der Waals surface area contributed by atoms with Gasteiger partial charge < -0.3 is 4.90 Å². The lowest BCUT2D eigenvalue weighted by molar-refractivity contribution is 0.141. The van der Waals surface area contributed by atoms with Gasteiger partial charge in [-0.3, -0.25) is 0 Å². The maximum atomic E-state index is 14.0. The van der Waals surface area contributed by atoms with Gasteiger partial charge in [-0.1, -0.05) is 72.3 Å². The quantitative estimate of drug-likeness (QED) is 0.358. The van der Waals surface area contributed by atoms with Crippen molar-refractivity contribution in [1.29, 1.82) is 0 Å². The Bertz CT molecular complexity index is 1320. The van der Waals surface area contributed by atoms with E-state index in [0.29, 0.717) is 15.9 Å². The first-order valence-corrected chi connectivity index (χ1v) is 14.0. The second-order valence-corrected chi connectivity index (χ2v) is 11.8. The van der Waals surface area contributed by atoms with Crippen LogP contribution in [0.5, 0.6) is 0 Å². The minimum Gasteiger partial charge on any atom is -0.325 e. The molecule has 1 saturated carbocycles. The molecule has 1 atom stereocenters. The molecule has 5 nitrogen and oxygen atoms in total. The second-order valence-electron chi connectivity index (χ2n) is 9.15. The minimum atomic E-state index is -3.94. The van der Waals surface area contributed by atoms with Crippen molar-refractivity contribution in [3.63, 3.8) is 0 Å². The number of hydrazone groups is 1. The Morgan fingerprint density at radius 2 is 1.37 bits per heavy atom. The van der Waals surface area contributed by atoms with Crippen molar-refractivity contribution in [2.75, 3.05) is 0 Å². The van der Waals surface area contributed by atoms with Gasteiger partial charge in [-0.2, -0.15) is 12.8 Å². The summed E-state index contributed by atoms with van der Waals surface area (Å²) in [6, 6.07) is 21.9. The largest absolute Gasteiger partial charge is 0.325 e. The zero-order chi connectivity index (χ0) is 24.6. The smallest absolute Gasteiger partial charge is 0.281 e. The van der Waals surface area contributed by atoms with Crippen LogP contribution in [0.1, 0.15) is 55.0 Å². The van der Waals surface area contributed by atoms with E-state index in [0.717, 1.165) is 42.4 Å². The maximum absolute atomic E-state index is 14.0. The predicted octanol–water partition coefficient (Wildman–Crippen LogP) is 7.00. The van der Waals surface area contributed by atoms with Crippen LogP contribution in [0, 0.1) is 6.92 Å². The average Bonchev–Trinajstić information content (AvgIpc) is 3.27. The highest BCUT2D eigenvalue weighted by molar-refractivity contribution is 7.89. The molecular formula is C27H27Cl2N3O2S. The van der Waals surface area contributed by atoms with Crippen molar-refractivity contribution in [3.8, 4) is 0 Å². The fraction of sp³-hybridized carbons (Fsp3) is 0.296. The minimum absolute atomic E-state index is 0.164. The van der Waals surface area contributed by atoms with Gasteiger partial charge in [0.15, 0.2) is 12.0 Å². The van der Waals surface area contributed by atoms with Crippen molar-refractivity contribution >= 4 is 39.1 Å². The molecule has 3 aromatic rings. The summed E-state index contributed by atoms with van der Waals surface area (Å²) in [6.07, 6.45) is 4.74. The van der Waals surface area contributed by atoms with Crippen LogP contribution >= 0.6 is 23.2 Å². The summed E-state index contributed by atoms with van der Waals surface area (Å²) in [5, 5.41) is 6.03. The van der Waals surface area contributed by atoms with Crippen molar-refractivity contribution in [2.24, 2.45) is 5.10 Å². The Labute approximate surface area is 217 Å². The number of hydrogen-bond acceptors (Lipinski definition) is 4. The first kappa shape index (κ1) is 24.2. The Kier molecular flexibility index (Phi) is 6.80. The number of benzene rings is 3. The fourth-order valence-corrected chi connectivity index (χ4v) is 6.51. The first-order valence-electron chi connectivity index (χ1n) is 11.8.